The quantitative estimate of drug-likeness (QED) is 0.644. The molecule has 1 aromatic heterocycles. The molecule has 0 amide bonds. The Labute approximate surface area is 98.8 Å². The minimum atomic E-state index is 0.717. The summed E-state index contributed by atoms with van der Waals surface area (Å²) in [4.78, 5) is 0. The minimum absolute atomic E-state index is 0.717. The molecule has 17 heavy (non-hydrogen) atoms. The Morgan fingerprint density at radius 2 is 1.82 bits per heavy atom. The van der Waals surface area contributed by atoms with Gasteiger partial charge in [-0.3, -0.25) is 0 Å². The molecule has 84 valence electrons. The molecule has 3 rings (SSSR count). The number of hydrogen-bond donors (Lipinski definition) is 1. The molecule has 0 aliphatic rings. The molecule has 0 spiro atoms. The average Bonchev–Trinajstić information content (AvgIpc) is 2.73. The molecule has 3 nitrogen and oxygen atoms in total. The summed E-state index contributed by atoms with van der Waals surface area (Å²) >= 11 is 0. The van der Waals surface area contributed by atoms with Gasteiger partial charge in [-0.1, -0.05) is 35.0 Å². The summed E-state index contributed by atoms with van der Waals surface area (Å²) < 4.78 is 5.39. The molecule has 2 N–H and O–H groups in total. The van der Waals surface area contributed by atoms with Gasteiger partial charge in [-0.25, -0.2) is 0 Å². The van der Waals surface area contributed by atoms with E-state index in [1.54, 1.807) is 0 Å². The molecule has 0 fully saturated rings. The second-order valence-electron chi connectivity index (χ2n) is 4.15. The van der Waals surface area contributed by atoms with Crippen LogP contribution in [0.15, 0.2) is 47.0 Å². The summed E-state index contributed by atoms with van der Waals surface area (Å²) in [6, 6.07) is 13.7. The van der Waals surface area contributed by atoms with E-state index < -0.39 is 0 Å². The standard InChI is InChI=1S/C14H12N2O/c1-9-2-4-10(5-3-9)14-12-8-11(15)6-7-13(12)16-17-14/h2-8H,15H2,1H3. The predicted molar refractivity (Wildman–Crippen MR) is 68.6 cm³/mol. The van der Waals surface area contributed by atoms with Gasteiger partial charge in [-0.2, -0.15) is 0 Å². The van der Waals surface area contributed by atoms with Crippen LogP contribution < -0.4 is 5.73 Å². The molecule has 0 saturated heterocycles. The molecule has 0 aliphatic carbocycles. The van der Waals surface area contributed by atoms with Crippen LogP contribution in [0.2, 0.25) is 0 Å². The zero-order valence-electron chi connectivity index (χ0n) is 9.47. The lowest BCUT2D eigenvalue weighted by Gasteiger charge is -1.98. The van der Waals surface area contributed by atoms with Crippen molar-refractivity contribution in [3.8, 4) is 11.3 Å². The van der Waals surface area contributed by atoms with Gasteiger partial charge in [0.1, 0.15) is 5.52 Å². The van der Waals surface area contributed by atoms with Crippen LogP contribution >= 0.6 is 0 Å². The van der Waals surface area contributed by atoms with E-state index in [0.29, 0.717) is 5.69 Å². The smallest absolute Gasteiger partial charge is 0.174 e. The average molecular weight is 224 g/mol. The molecule has 0 aliphatic heterocycles. The van der Waals surface area contributed by atoms with E-state index in [0.717, 1.165) is 22.2 Å². The van der Waals surface area contributed by atoms with Crippen molar-refractivity contribution >= 4 is 16.6 Å². The highest BCUT2D eigenvalue weighted by atomic mass is 16.5. The van der Waals surface area contributed by atoms with Gasteiger partial charge in [0.15, 0.2) is 5.76 Å². The van der Waals surface area contributed by atoms with Crippen LogP contribution in [0.25, 0.3) is 22.2 Å². The van der Waals surface area contributed by atoms with Gasteiger partial charge in [-0.15, -0.1) is 0 Å². The van der Waals surface area contributed by atoms with Crippen molar-refractivity contribution in [3.05, 3.63) is 48.0 Å². The van der Waals surface area contributed by atoms with Gasteiger partial charge in [0.2, 0.25) is 0 Å². The van der Waals surface area contributed by atoms with Crippen LogP contribution in [-0.2, 0) is 0 Å². The number of aryl methyl sites for hydroxylation is 1. The number of anilines is 1. The number of rotatable bonds is 1. The van der Waals surface area contributed by atoms with Gasteiger partial charge in [0.25, 0.3) is 0 Å². The van der Waals surface area contributed by atoms with Crippen molar-refractivity contribution in [1.29, 1.82) is 0 Å². The Bertz CT molecular complexity index is 668. The van der Waals surface area contributed by atoms with Gasteiger partial charge >= 0.3 is 0 Å². The Kier molecular flexibility index (Phi) is 2.11. The second-order valence-corrected chi connectivity index (χ2v) is 4.15. The molecule has 3 aromatic rings. The summed E-state index contributed by atoms with van der Waals surface area (Å²) in [5.74, 6) is 0.771. The van der Waals surface area contributed by atoms with Crippen LogP contribution in [0.5, 0.6) is 0 Å². The van der Waals surface area contributed by atoms with Crippen LogP contribution in [0, 0.1) is 6.92 Å². The van der Waals surface area contributed by atoms with Gasteiger partial charge in [-0.05, 0) is 25.1 Å². The Hall–Kier alpha value is -2.29. The highest BCUT2D eigenvalue weighted by molar-refractivity contribution is 5.93. The first kappa shape index (κ1) is 9.90. The molecule has 0 radical (unpaired) electrons. The van der Waals surface area contributed by atoms with Crippen molar-refractivity contribution < 1.29 is 4.52 Å². The van der Waals surface area contributed by atoms with Crippen molar-refractivity contribution in [2.24, 2.45) is 0 Å². The lowest BCUT2D eigenvalue weighted by Crippen LogP contribution is -1.83. The van der Waals surface area contributed by atoms with Crippen LogP contribution in [-0.4, -0.2) is 5.16 Å². The van der Waals surface area contributed by atoms with E-state index in [1.165, 1.54) is 5.56 Å². The van der Waals surface area contributed by atoms with E-state index in [2.05, 4.69) is 24.2 Å². The van der Waals surface area contributed by atoms with E-state index in [1.807, 2.05) is 30.3 Å². The number of hydrogen-bond acceptors (Lipinski definition) is 3. The van der Waals surface area contributed by atoms with Crippen LogP contribution in [0.4, 0.5) is 5.69 Å². The largest absolute Gasteiger partial charge is 0.399 e. The molecule has 2 aromatic carbocycles. The maximum atomic E-state index is 5.78. The molecular formula is C14H12N2O. The third-order valence-electron chi connectivity index (χ3n) is 2.81. The predicted octanol–water partition coefficient (Wildman–Crippen LogP) is 3.39. The van der Waals surface area contributed by atoms with Crippen LogP contribution in [0.1, 0.15) is 5.56 Å². The molecule has 0 bridgehead atoms. The number of fused-ring (bicyclic) bond motifs is 1. The molecule has 0 atom stereocenters. The van der Waals surface area contributed by atoms with Gasteiger partial charge < -0.3 is 10.3 Å². The van der Waals surface area contributed by atoms with E-state index in [-0.39, 0.29) is 0 Å². The van der Waals surface area contributed by atoms with Gasteiger partial charge in [0.05, 0.1) is 5.39 Å². The molecule has 0 unspecified atom stereocenters. The second kappa shape index (κ2) is 3.63. The van der Waals surface area contributed by atoms with E-state index in [4.69, 9.17) is 10.3 Å². The van der Waals surface area contributed by atoms with Crippen molar-refractivity contribution in [2.75, 3.05) is 5.73 Å². The number of nitrogens with zero attached hydrogens (tertiary/aromatic N) is 1. The monoisotopic (exact) mass is 224 g/mol. The topological polar surface area (TPSA) is 52.0 Å². The number of aromatic nitrogens is 1. The first-order valence-electron chi connectivity index (χ1n) is 5.46. The van der Waals surface area contributed by atoms with Crippen LogP contribution in [0.3, 0.4) is 0 Å². The van der Waals surface area contributed by atoms with E-state index >= 15 is 0 Å². The lowest BCUT2D eigenvalue weighted by molar-refractivity contribution is 0.441. The SMILES string of the molecule is Cc1ccc(-c2onc3ccc(N)cc23)cc1. The normalized spacial score (nSPS) is 10.9. The van der Waals surface area contributed by atoms with E-state index in [9.17, 15) is 0 Å². The molecule has 0 saturated carbocycles. The van der Waals surface area contributed by atoms with Gasteiger partial charge in [0, 0.05) is 11.3 Å². The zero-order valence-corrected chi connectivity index (χ0v) is 9.47. The zero-order chi connectivity index (χ0) is 11.8. The number of nitrogen functional groups attached to an aromatic ring is 1. The first-order chi connectivity index (χ1) is 8.24. The van der Waals surface area contributed by atoms with Crippen molar-refractivity contribution in [2.45, 2.75) is 6.92 Å². The fourth-order valence-corrected chi connectivity index (χ4v) is 1.87. The number of nitrogens with two attached hydrogens (primary N) is 1. The Balaban J connectivity index is 2.23. The highest BCUT2D eigenvalue weighted by Gasteiger charge is 2.10. The molecular weight excluding hydrogens is 212 g/mol. The summed E-state index contributed by atoms with van der Waals surface area (Å²) in [7, 11) is 0. The molecule has 1 heterocycles. The minimum Gasteiger partial charge on any atom is -0.399 e. The maximum absolute atomic E-state index is 5.78. The third-order valence-corrected chi connectivity index (χ3v) is 2.81. The first-order valence-corrected chi connectivity index (χ1v) is 5.46. The Morgan fingerprint density at radius 1 is 1.06 bits per heavy atom. The van der Waals surface area contributed by atoms with Crippen molar-refractivity contribution in [3.63, 3.8) is 0 Å². The maximum Gasteiger partial charge on any atom is 0.174 e. The summed E-state index contributed by atoms with van der Waals surface area (Å²) in [5.41, 5.74) is 9.57. The lowest BCUT2D eigenvalue weighted by atomic mass is 10.1. The fraction of sp³-hybridized carbons (Fsp3) is 0.0714. The fourth-order valence-electron chi connectivity index (χ4n) is 1.87. The van der Waals surface area contributed by atoms with Crippen molar-refractivity contribution in [1.82, 2.24) is 5.16 Å². The summed E-state index contributed by atoms with van der Waals surface area (Å²) in [5, 5.41) is 4.98. The summed E-state index contributed by atoms with van der Waals surface area (Å²) in [6.07, 6.45) is 0. The highest BCUT2D eigenvalue weighted by Crippen LogP contribution is 2.29. The number of benzene rings is 2. The molecule has 3 heteroatoms. The summed E-state index contributed by atoms with van der Waals surface area (Å²) in [6.45, 7) is 2.06. The third kappa shape index (κ3) is 1.65. The Morgan fingerprint density at radius 3 is 2.59 bits per heavy atom.